The van der Waals surface area contributed by atoms with E-state index in [1.165, 1.54) is 0 Å². The first kappa shape index (κ1) is 21.1. The summed E-state index contributed by atoms with van der Waals surface area (Å²) in [6, 6.07) is 5.32. The first-order valence-electron chi connectivity index (χ1n) is 8.88. The Bertz CT molecular complexity index is 661. The van der Waals surface area contributed by atoms with E-state index in [2.05, 4.69) is 10.6 Å². The third-order valence-electron chi connectivity index (χ3n) is 4.61. The minimum atomic E-state index is -1.56. The highest BCUT2D eigenvalue weighted by atomic mass is 35.5. The van der Waals surface area contributed by atoms with Crippen LogP contribution < -0.4 is 21.1 Å². The molecule has 0 radical (unpaired) electrons. The summed E-state index contributed by atoms with van der Waals surface area (Å²) in [6.45, 7) is 0.397. The quantitative estimate of drug-likeness (QED) is 0.378. The number of carbonyl (C=O) groups is 3. The molecule has 1 aromatic carbocycles. The van der Waals surface area contributed by atoms with Crippen LogP contribution >= 0.6 is 11.6 Å². The molecule has 1 saturated heterocycles. The first-order chi connectivity index (χ1) is 12.9. The zero-order chi connectivity index (χ0) is 19.8. The lowest BCUT2D eigenvalue weighted by atomic mass is 9.95. The number of nitrogens with two attached hydrogens (primary N) is 1. The number of carboxylic acid groups (broad SMARTS) is 1. The summed E-state index contributed by atoms with van der Waals surface area (Å²) in [5.41, 5.74) is 0.791. The molecule has 0 saturated carbocycles. The van der Waals surface area contributed by atoms with Crippen LogP contribution in [0.5, 0.6) is 0 Å². The van der Waals surface area contributed by atoms with Crippen molar-refractivity contribution in [2.24, 2.45) is 0 Å². The third kappa shape index (κ3) is 6.50. The Labute approximate surface area is 162 Å². The van der Waals surface area contributed by atoms with E-state index < -0.39 is 24.5 Å². The van der Waals surface area contributed by atoms with Gasteiger partial charge in [-0.15, -0.1) is 0 Å². The average Bonchev–Trinajstić information content (AvgIpc) is 3.18. The van der Waals surface area contributed by atoms with Crippen molar-refractivity contribution in [1.29, 1.82) is 0 Å². The van der Waals surface area contributed by atoms with Gasteiger partial charge in [0.2, 0.25) is 5.91 Å². The van der Waals surface area contributed by atoms with Crippen molar-refractivity contribution >= 4 is 29.4 Å². The van der Waals surface area contributed by atoms with Gasteiger partial charge < -0.3 is 31.0 Å². The van der Waals surface area contributed by atoms with Gasteiger partial charge in [-0.3, -0.25) is 9.59 Å². The predicted molar refractivity (Wildman–Crippen MR) is 95.7 cm³/mol. The van der Waals surface area contributed by atoms with Crippen molar-refractivity contribution in [3.8, 4) is 0 Å². The summed E-state index contributed by atoms with van der Waals surface area (Å²) in [7, 11) is 0. The van der Waals surface area contributed by atoms with E-state index in [9.17, 15) is 19.5 Å². The van der Waals surface area contributed by atoms with Crippen molar-refractivity contribution < 1.29 is 29.9 Å². The number of aliphatic hydroxyl groups is 1. The summed E-state index contributed by atoms with van der Waals surface area (Å²) in [5, 5.41) is 27.5. The second-order valence-electron chi connectivity index (χ2n) is 6.59. The van der Waals surface area contributed by atoms with Crippen molar-refractivity contribution in [2.75, 3.05) is 19.7 Å². The standard InChI is InChI=1S/C18H24ClN3O5/c19-13-5-3-11(4-6-13)12(8-16(24)22-15(10-23)18(26)27)9-21-17(25)14-2-1-7-20-14/h3-6,12,14-15,20,23H,1-2,7-10H2,(H,21,25)(H,22,24)(H,26,27)/t12-,14+,15+/m1/s1. The Hall–Kier alpha value is -2.16. The number of halogens is 1. The molecule has 2 amide bonds. The van der Waals surface area contributed by atoms with Crippen molar-refractivity contribution in [3.05, 3.63) is 34.9 Å². The molecule has 1 fully saturated rings. The van der Waals surface area contributed by atoms with Crippen LogP contribution in [0.1, 0.15) is 30.7 Å². The van der Waals surface area contributed by atoms with Crippen LogP contribution in [-0.2, 0) is 14.4 Å². The van der Waals surface area contributed by atoms with Crippen LogP contribution in [0.25, 0.3) is 0 Å². The molecule has 2 rings (SSSR count). The lowest BCUT2D eigenvalue weighted by Gasteiger charge is -2.21. The number of carboxylic acids is 1. The van der Waals surface area contributed by atoms with Gasteiger partial charge in [0.05, 0.1) is 25.2 Å². The lowest BCUT2D eigenvalue weighted by Crippen LogP contribution is -2.89. The molecule has 9 heteroatoms. The van der Waals surface area contributed by atoms with Gasteiger partial charge in [0, 0.05) is 36.7 Å². The van der Waals surface area contributed by atoms with Crippen LogP contribution in [0, 0.1) is 0 Å². The van der Waals surface area contributed by atoms with Crippen molar-refractivity contribution in [1.82, 2.24) is 10.6 Å². The summed E-state index contributed by atoms with van der Waals surface area (Å²) >= 11 is 5.91. The first-order valence-corrected chi connectivity index (χ1v) is 9.26. The van der Waals surface area contributed by atoms with Crippen LogP contribution in [0.3, 0.4) is 0 Å². The number of rotatable bonds is 9. The average molecular weight is 398 g/mol. The Morgan fingerprint density at radius 2 is 2.00 bits per heavy atom. The fourth-order valence-electron chi connectivity index (χ4n) is 3.07. The number of aliphatic carboxylic acids is 1. The van der Waals surface area contributed by atoms with Crippen molar-refractivity contribution in [3.63, 3.8) is 0 Å². The molecule has 1 aliphatic rings. The van der Waals surface area contributed by atoms with Crippen molar-refractivity contribution in [2.45, 2.75) is 37.3 Å². The van der Waals surface area contributed by atoms with Gasteiger partial charge in [-0.25, -0.2) is 0 Å². The highest BCUT2D eigenvalue weighted by Crippen LogP contribution is 2.21. The summed E-state index contributed by atoms with van der Waals surface area (Å²) in [6.07, 6.45) is 1.76. The molecule has 8 nitrogen and oxygen atoms in total. The number of nitrogens with one attached hydrogen (secondary N) is 2. The van der Waals surface area contributed by atoms with E-state index in [1.807, 2.05) is 5.32 Å². The Morgan fingerprint density at radius 1 is 1.30 bits per heavy atom. The van der Waals surface area contributed by atoms with Gasteiger partial charge in [-0.2, -0.15) is 0 Å². The summed E-state index contributed by atoms with van der Waals surface area (Å²) in [4.78, 5) is 35.3. The largest absolute Gasteiger partial charge is 0.548 e. The normalized spacial score (nSPS) is 18.5. The maximum absolute atomic E-state index is 12.3. The Kier molecular flexibility index (Phi) is 8.02. The smallest absolute Gasteiger partial charge is 0.278 e. The molecule has 148 valence electrons. The second-order valence-corrected chi connectivity index (χ2v) is 7.03. The predicted octanol–water partition coefficient (Wildman–Crippen LogP) is -2.12. The van der Waals surface area contributed by atoms with Crippen LogP contribution in [0.4, 0.5) is 0 Å². The minimum Gasteiger partial charge on any atom is -0.548 e. The van der Waals surface area contributed by atoms with E-state index in [1.54, 1.807) is 24.3 Å². The van der Waals surface area contributed by atoms with Crippen LogP contribution in [-0.4, -0.2) is 54.7 Å². The molecule has 0 aliphatic carbocycles. The molecule has 0 unspecified atom stereocenters. The molecule has 0 bridgehead atoms. The maximum Gasteiger partial charge on any atom is 0.278 e. The van der Waals surface area contributed by atoms with E-state index in [4.69, 9.17) is 16.7 Å². The summed E-state index contributed by atoms with van der Waals surface area (Å²) < 4.78 is 0. The van der Waals surface area contributed by atoms with E-state index in [0.29, 0.717) is 5.02 Å². The van der Waals surface area contributed by atoms with E-state index in [-0.39, 0.29) is 30.8 Å². The van der Waals surface area contributed by atoms with Gasteiger partial charge in [-0.05, 0) is 17.7 Å². The lowest BCUT2D eigenvalue weighted by molar-refractivity contribution is -0.657. The van der Waals surface area contributed by atoms with E-state index in [0.717, 1.165) is 24.9 Å². The Morgan fingerprint density at radius 3 is 2.56 bits per heavy atom. The number of benzene rings is 1. The highest BCUT2D eigenvalue weighted by molar-refractivity contribution is 6.30. The highest BCUT2D eigenvalue weighted by Gasteiger charge is 2.27. The molecule has 1 aromatic rings. The Balaban J connectivity index is 2.02. The van der Waals surface area contributed by atoms with Gasteiger partial charge in [0.25, 0.3) is 5.91 Å². The SMILES string of the molecule is O=C(C[C@H](CNC(=O)[C@@H]1CCC[NH2+]1)c1ccc(Cl)cc1)N[C@@H](CO)C(=O)[O-]. The fourth-order valence-corrected chi connectivity index (χ4v) is 3.19. The number of quaternary nitrogens is 1. The van der Waals surface area contributed by atoms with Gasteiger partial charge in [0.15, 0.2) is 6.04 Å². The molecule has 1 aliphatic heterocycles. The number of carbonyl (C=O) groups excluding carboxylic acids is 3. The van der Waals surface area contributed by atoms with Gasteiger partial charge >= 0.3 is 0 Å². The third-order valence-corrected chi connectivity index (χ3v) is 4.86. The number of amides is 2. The molecule has 3 atom stereocenters. The van der Waals surface area contributed by atoms with Gasteiger partial charge in [-0.1, -0.05) is 23.7 Å². The molecule has 5 N–H and O–H groups in total. The second kappa shape index (κ2) is 10.2. The maximum atomic E-state index is 12.3. The topological polar surface area (TPSA) is 135 Å². The molecule has 0 spiro atoms. The number of aliphatic hydroxyl groups excluding tert-OH is 1. The molecule has 0 aromatic heterocycles. The monoisotopic (exact) mass is 397 g/mol. The molecular weight excluding hydrogens is 374 g/mol. The zero-order valence-corrected chi connectivity index (χ0v) is 15.6. The van der Waals surface area contributed by atoms with Crippen LogP contribution in [0.15, 0.2) is 24.3 Å². The number of hydrogen-bond donors (Lipinski definition) is 4. The molecule has 27 heavy (non-hydrogen) atoms. The van der Waals surface area contributed by atoms with Crippen LogP contribution in [0.2, 0.25) is 5.02 Å². The number of hydrogen-bond acceptors (Lipinski definition) is 5. The molecule has 1 heterocycles. The minimum absolute atomic E-state index is 0.0555. The molecular formula is C18H24ClN3O5. The zero-order valence-electron chi connectivity index (χ0n) is 14.8. The summed E-state index contributed by atoms with van der Waals surface area (Å²) in [5.74, 6) is -2.55. The van der Waals surface area contributed by atoms with E-state index >= 15 is 0 Å². The van der Waals surface area contributed by atoms with Gasteiger partial charge in [0.1, 0.15) is 0 Å². The fraction of sp³-hybridized carbons (Fsp3) is 0.500.